The van der Waals surface area contributed by atoms with E-state index in [2.05, 4.69) is 4.98 Å². The highest BCUT2D eigenvalue weighted by molar-refractivity contribution is 6.32. The molecule has 1 heterocycles. The summed E-state index contributed by atoms with van der Waals surface area (Å²) in [5.74, 6) is -0.419. The molecule has 0 spiro atoms. The van der Waals surface area contributed by atoms with Crippen LogP contribution in [-0.4, -0.2) is 10.8 Å². The molecule has 1 aromatic rings. The van der Waals surface area contributed by atoms with Crippen LogP contribution in [0.2, 0.25) is 5.15 Å². The molecule has 0 N–H and O–H groups in total. The van der Waals surface area contributed by atoms with Gasteiger partial charge in [-0.1, -0.05) is 31.9 Å². The van der Waals surface area contributed by atoms with Crippen molar-refractivity contribution in [3.63, 3.8) is 0 Å². The van der Waals surface area contributed by atoms with E-state index in [9.17, 15) is 18.0 Å². The van der Waals surface area contributed by atoms with Crippen molar-refractivity contribution >= 4 is 17.4 Å². The Bertz CT molecular complexity index is 540. The van der Waals surface area contributed by atoms with Gasteiger partial charge in [-0.2, -0.15) is 13.2 Å². The monoisotopic (exact) mass is 305 g/mol. The minimum atomic E-state index is -4.56. The van der Waals surface area contributed by atoms with E-state index in [1.165, 1.54) is 0 Å². The third-order valence-corrected chi connectivity index (χ3v) is 4.27. The topological polar surface area (TPSA) is 30.0 Å². The lowest BCUT2D eigenvalue weighted by atomic mass is 9.78. The van der Waals surface area contributed by atoms with Gasteiger partial charge in [-0.3, -0.25) is 4.79 Å². The molecule has 110 valence electrons. The standard InChI is InChI=1S/C14H15ClF3NO/c1-13(2)7-3-4-9(13)11(20)8-5-6-10(14(16,17)18)19-12(8)15/h5-6,9H,3-4,7H2,1-2H3. The van der Waals surface area contributed by atoms with Crippen LogP contribution in [-0.2, 0) is 6.18 Å². The van der Waals surface area contributed by atoms with Crippen LogP contribution >= 0.6 is 11.6 Å². The zero-order valence-corrected chi connectivity index (χ0v) is 12.0. The van der Waals surface area contributed by atoms with E-state index in [0.717, 1.165) is 31.4 Å². The van der Waals surface area contributed by atoms with Crippen LogP contribution in [0.15, 0.2) is 12.1 Å². The first kappa shape index (κ1) is 15.3. The largest absolute Gasteiger partial charge is 0.433 e. The van der Waals surface area contributed by atoms with Gasteiger partial charge in [0.25, 0.3) is 0 Å². The molecule has 20 heavy (non-hydrogen) atoms. The summed E-state index contributed by atoms with van der Waals surface area (Å²) in [6.07, 6.45) is -1.95. The molecule has 1 aliphatic carbocycles. The minimum Gasteiger partial charge on any atom is -0.294 e. The van der Waals surface area contributed by atoms with Gasteiger partial charge in [0.2, 0.25) is 0 Å². The van der Waals surface area contributed by atoms with Gasteiger partial charge in [-0.15, -0.1) is 0 Å². The minimum absolute atomic E-state index is 0.0830. The number of rotatable bonds is 2. The second-order valence-electron chi connectivity index (χ2n) is 5.83. The highest BCUT2D eigenvalue weighted by Crippen LogP contribution is 2.44. The molecule has 2 nitrogen and oxygen atoms in total. The summed E-state index contributed by atoms with van der Waals surface area (Å²) in [6, 6.07) is 1.94. The van der Waals surface area contributed by atoms with Gasteiger partial charge in [0.1, 0.15) is 10.8 Å². The van der Waals surface area contributed by atoms with Crippen molar-refractivity contribution in [1.29, 1.82) is 0 Å². The Kier molecular flexibility index (Phi) is 3.84. The van der Waals surface area contributed by atoms with E-state index in [1.807, 2.05) is 13.8 Å². The second kappa shape index (κ2) is 5.02. The number of carbonyl (C=O) groups is 1. The number of hydrogen-bond donors (Lipinski definition) is 0. The van der Waals surface area contributed by atoms with E-state index >= 15 is 0 Å². The Hall–Kier alpha value is -1.10. The molecule has 2 rings (SSSR count). The zero-order valence-electron chi connectivity index (χ0n) is 11.2. The quantitative estimate of drug-likeness (QED) is 0.582. The summed E-state index contributed by atoms with van der Waals surface area (Å²) in [5.41, 5.74) is -1.15. The highest BCUT2D eigenvalue weighted by Gasteiger charge is 2.41. The third-order valence-electron chi connectivity index (χ3n) is 3.98. The molecular weight excluding hydrogens is 291 g/mol. The van der Waals surface area contributed by atoms with Gasteiger partial charge in [0.15, 0.2) is 5.78 Å². The molecule has 1 aliphatic rings. The predicted molar refractivity (Wildman–Crippen MR) is 69.7 cm³/mol. The van der Waals surface area contributed by atoms with Crippen molar-refractivity contribution in [2.45, 2.75) is 39.3 Å². The Morgan fingerprint density at radius 1 is 1.40 bits per heavy atom. The number of aromatic nitrogens is 1. The van der Waals surface area contributed by atoms with Crippen LogP contribution < -0.4 is 0 Å². The number of nitrogens with zero attached hydrogens (tertiary/aromatic N) is 1. The lowest BCUT2D eigenvalue weighted by molar-refractivity contribution is -0.141. The number of pyridine rings is 1. The van der Waals surface area contributed by atoms with Gasteiger partial charge in [-0.05, 0) is 30.4 Å². The highest BCUT2D eigenvalue weighted by atomic mass is 35.5. The van der Waals surface area contributed by atoms with Crippen LogP contribution in [0.1, 0.15) is 49.2 Å². The third kappa shape index (κ3) is 2.82. The van der Waals surface area contributed by atoms with Gasteiger partial charge in [0.05, 0.1) is 5.56 Å². The van der Waals surface area contributed by atoms with Crippen LogP contribution in [0.3, 0.4) is 0 Å². The van der Waals surface area contributed by atoms with Crippen molar-refractivity contribution in [2.24, 2.45) is 11.3 Å². The van der Waals surface area contributed by atoms with E-state index < -0.39 is 11.9 Å². The van der Waals surface area contributed by atoms with Crippen LogP contribution in [0, 0.1) is 11.3 Å². The van der Waals surface area contributed by atoms with Gasteiger partial charge in [-0.25, -0.2) is 4.98 Å². The molecule has 6 heteroatoms. The number of alkyl halides is 3. The summed E-state index contributed by atoms with van der Waals surface area (Å²) in [4.78, 5) is 15.7. The number of halogens is 4. The Morgan fingerprint density at radius 2 is 2.05 bits per heavy atom. The first-order valence-corrected chi connectivity index (χ1v) is 6.79. The maximum absolute atomic E-state index is 12.5. The normalized spacial score (nSPS) is 22.0. The molecule has 1 fully saturated rings. The lowest BCUT2D eigenvalue weighted by Gasteiger charge is -2.25. The van der Waals surface area contributed by atoms with E-state index in [-0.39, 0.29) is 27.8 Å². The molecule has 1 saturated carbocycles. The first-order chi connectivity index (χ1) is 9.13. The van der Waals surface area contributed by atoms with Crippen molar-refractivity contribution in [2.75, 3.05) is 0 Å². The fourth-order valence-electron chi connectivity index (χ4n) is 2.78. The lowest BCUT2D eigenvalue weighted by Crippen LogP contribution is -2.26. The van der Waals surface area contributed by atoms with Crippen molar-refractivity contribution in [3.8, 4) is 0 Å². The second-order valence-corrected chi connectivity index (χ2v) is 6.19. The first-order valence-electron chi connectivity index (χ1n) is 6.41. The Balaban J connectivity index is 2.32. The molecule has 0 aromatic carbocycles. The molecule has 0 amide bonds. The predicted octanol–water partition coefficient (Wildman–Crippen LogP) is 4.76. The number of Topliss-reactive ketones (excluding diaryl/α,β-unsaturated/α-hetero) is 1. The number of hydrogen-bond acceptors (Lipinski definition) is 2. The summed E-state index contributed by atoms with van der Waals surface area (Å²) < 4.78 is 37.6. The van der Waals surface area contributed by atoms with E-state index in [0.29, 0.717) is 0 Å². The Morgan fingerprint density at radius 3 is 2.50 bits per heavy atom. The van der Waals surface area contributed by atoms with Crippen molar-refractivity contribution < 1.29 is 18.0 Å². The molecule has 0 bridgehead atoms. The van der Waals surface area contributed by atoms with Crippen LogP contribution in [0.4, 0.5) is 13.2 Å². The maximum atomic E-state index is 12.5. The summed E-state index contributed by atoms with van der Waals surface area (Å²) in [7, 11) is 0. The number of carbonyl (C=O) groups excluding carboxylic acids is 1. The number of ketones is 1. The summed E-state index contributed by atoms with van der Waals surface area (Å²) in [6.45, 7) is 3.99. The van der Waals surface area contributed by atoms with Crippen LogP contribution in [0.5, 0.6) is 0 Å². The summed E-state index contributed by atoms with van der Waals surface area (Å²) in [5, 5.41) is -0.368. The molecule has 0 saturated heterocycles. The molecular formula is C14H15ClF3NO. The van der Waals surface area contributed by atoms with E-state index in [1.54, 1.807) is 0 Å². The fraction of sp³-hybridized carbons (Fsp3) is 0.571. The van der Waals surface area contributed by atoms with Crippen molar-refractivity contribution in [3.05, 3.63) is 28.5 Å². The molecule has 1 unspecified atom stereocenters. The Labute approximate surface area is 120 Å². The molecule has 1 aromatic heterocycles. The molecule has 0 aliphatic heterocycles. The van der Waals surface area contributed by atoms with E-state index in [4.69, 9.17) is 11.6 Å². The maximum Gasteiger partial charge on any atom is 0.433 e. The average Bonchev–Trinajstić information content (AvgIpc) is 2.66. The smallest absolute Gasteiger partial charge is 0.294 e. The van der Waals surface area contributed by atoms with Gasteiger partial charge >= 0.3 is 6.18 Å². The van der Waals surface area contributed by atoms with Crippen LogP contribution in [0.25, 0.3) is 0 Å². The van der Waals surface area contributed by atoms with Gasteiger partial charge in [0, 0.05) is 5.92 Å². The average molecular weight is 306 g/mol. The van der Waals surface area contributed by atoms with Crippen molar-refractivity contribution in [1.82, 2.24) is 4.98 Å². The fourth-order valence-corrected chi connectivity index (χ4v) is 3.02. The zero-order chi connectivity index (χ0) is 15.1. The molecule has 1 atom stereocenters. The molecule has 0 radical (unpaired) electrons. The summed E-state index contributed by atoms with van der Waals surface area (Å²) >= 11 is 5.77. The SMILES string of the molecule is CC1(C)CCCC1C(=O)c1ccc(C(F)(F)F)nc1Cl. The van der Waals surface area contributed by atoms with Gasteiger partial charge < -0.3 is 0 Å².